The van der Waals surface area contributed by atoms with Gasteiger partial charge in [0.05, 0.1) is 10.6 Å². The van der Waals surface area contributed by atoms with Crippen molar-refractivity contribution < 1.29 is 13.2 Å². The maximum absolute atomic E-state index is 12.1. The van der Waals surface area contributed by atoms with Crippen LogP contribution in [0.3, 0.4) is 0 Å². The van der Waals surface area contributed by atoms with Gasteiger partial charge in [-0.3, -0.25) is 4.79 Å². The third-order valence-electron chi connectivity index (χ3n) is 3.86. The van der Waals surface area contributed by atoms with Gasteiger partial charge in [-0.25, -0.2) is 23.1 Å². The molecule has 0 atom stereocenters. The van der Waals surface area contributed by atoms with Crippen molar-refractivity contribution in [1.29, 1.82) is 0 Å². The number of rotatable bonds is 6. The van der Waals surface area contributed by atoms with Crippen LogP contribution in [0, 0.1) is 6.92 Å². The molecule has 0 unspecified atom stereocenters. The lowest BCUT2D eigenvalue weighted by Crippen LogP contribution is -2.25. The number of amides is 1. The van der Waals surface area contributed by atoms with E-state index in [0.29, 0.717) is 12.1 Å². The third kappa shape index (κ3) is 4.24. The fourth-order valence-corrected chi connectivity index (χ4v) is 3.07. The first kappa shape index (κ1) is 18.0. The molecule has 1 amide bonds. The summed E-state index contributed by atoms with van der Waals surface area (Å²) in [6.07, 6.45) is 5.24. The molecule has 3 rings (SSSR count). The summed E-state index contributed by atoms with van der Waals surface area (Å²) in [6.45, 7) is 2.41. The Morgan fingerprint density at radius 3 is 2.69 bits per heavy atom. The van der Waals surface area contributed by atoms with Crippen LogP contribution >= 0.6 is 0 Å². The molecule has 0 fully saturated rings. The summed E-state index contributed by atoms with van der Waals surface area (Å²) in [5, 5.41) is 12.2. The second-order valence-electron chi connectivity index (χ2n) is 5.98. The van der Waals surface area contributed by atoms with Gasteiger partial charge in [-0.1, -0.05) is 0 Å². The molecular formula is C17H19N5O3S. The highest BCUT2D eigenvalue weighted by Crippen LogP contribution is 2.09. The number of aryl methyl sites for hydroxylation is 2. The topological polar surface area (TPSA) is 119 Å². The number of nitrogens with two attached hydrogens (primary N) is 1. The minimum atomic E-state index is -3.76. The molecule has 9 heteroatoms. The number of nitrogens with one attached hydrogen (secondary N) is 1. The standard InChI is InChI=1S/C17H19N5O3S/c1-12-9-16-20-10-13(11-22(16)21-12)3-2-8-19-17(23)14-4-6-15(7-5-14)26(18,24)25/h4-7,9-11H,2-3,8H2,1H3,(H,19,23)(H2,18,24,25). The Morgan fingerprint density at radius 2 is 2.00 bits per heavy atom. The summed E-state index contributed by atoms with van der Waals surface area (Å²) < 4.78 is 24.2. The average molecular weight is 373 g/mol. The number of carbonyl (C=O) groups is 1. The highest BCUT2D eigenvalue weighted by molar-refractivity contribution is 7.89. The molecule has 26 heavy (non-hydrogen) atoms. The van der Waals surface area contributed by atoms with Gasteiger partial charge in [-0.15, -0.1) is 0 Å². The van der Waals surface area contributed by atoms with Crippen molar-refractivity contribution in [2.45, 2.75) is 24.7 Å². The fraction of sp³-hybridized carbons (Fsp3) is 0.235. The maximum Gasteiger partial charge on any atom is 0.251 e. The van der Waals surface area contributed by atoms with Crippen molar-refractivity contribution in [3.63, 3.8) is 0 Å². The van der Waals surface area contributed by atoms with E-state index in [2.05, 4.69) is 15.4 Å². The van der Waals surface area contributed by atoms with Gasteiger partial charge in [0.2, 0.25) is 10.0 Å². The fourth-order valence-electron chi connectivity index (χ4n) is 2.56. The van der Waals surface area contributed by atoms with Gasteiger partial charge in [-0.2, -0.15) is 5.10 Å². The summed E-state index contributed by atoms with van der Waals surface area (Å²) in [5.74, 6) is -0.262. The van der Waals surface area contributed by atoms with Crippen molar-refractivity contribution in [1.82, 2.24) is 19.9 Å². The van der Waals surface area contributed by atoms with Crippen LogP contribution in [0.4, 0.5) is 0 Å². The zero-order valence-electron chi connectivity index (χ0n) is 14.2. The van der Waals surface area contributed by atoms with E-state index in [4.69, 9.17) is 5.14 Å². The first-order chi connectivity index (χ1) is 12.3. The van der Waals surface area contributed by atoms with Crippen LogP contribution in [0.15, 0.2) is 47.6 Å². The van der Waals surface area contributed by atoms with E-state index in [-0.39, 0.29) is 10.8 Å². The largest absolute Gasteiger partial charge is 0.352 e. The second kappa shape index (κ2) is 7.22. The molecule has 0 aliphatic carbocycles. The van der Waals surface area contributed by atoms with E-state index in [1.54, 1.807) is 4.52 Å². The van der Waals surface area contributed by atoms with E-state index in [0.717, 1.165) is 29.7 Å². The molecule has 0 saturated carbocycles. The van der Waals surface area contributed by atoms with Gasteiger partial charge in [0.1, 0.15) is 0 Å². The van der Waals surface area contributed by atoms with Gasteiger partial charge >= 0.3 is 0 Å². The SMILES string of the molecule is Cc1cc2ncc(CCCNC(=O)c3ccc(S(N)(=O)=O)cc3)cn2n1. The number of hydrogen-bond donors (Lipinski definition) is 2. The molecule has 3 N–H and O–H groups in total. The predicted octanol–water partition coefficient (Wildman–Crippen LogP) is 1.05. The molecular weight excluding hydrogens is 354 g/mol. The van der Waals surface area contributed by atoms with Crippen LogP contribution in [-0.2, 0) is 16.4 Å². The lowest BCUT2D eigenvalue weighted by Gasteiger charge is -2.06. The Morgan fingerprint density at radius 1 is 1.27 bits per heavy atom. The normalized spacial score (nSPS) is 11.6. The quantitative estimate of drug-likeness (QED) is 0.626. The number of nitrogens with zero attached hydrogens (tertiary/aromatic N) is 3. The van der Waals surface area contributed by atoms with Crippen molar-refractivity contribution in [2.24, 2.45) is 5.14 Å². The van der Waals surface area contributed by atoms with Gasteiger partial charge in [0.15, 0.2) is 5.65 Å². The van der Waals surface area contributed by atoms with Gasteiger partial charge < -0.3 is 5.32 Å². The molecule has 3 aromatic rings. The second-order valence-corrected chi connectivity index (χ2v) is 7.54. The van der Waals surface area contributed by atoms with E-state index in [1.807, 2.05) is 25.4 Å². The summed E-state index contributed by atoms with van der Waals surface area (Å²) in [5.41, 5.74) is 3.14. The number of benzene rings is 1. The van der Waals surface area contributed by atoms with Crippen LogP contribution in [0.1, 0.15) is 28.0 Å². The average Bonchev–Trinajstić information content (AvgIpc) is 2.97. The van der Waals surface area contributed by atoms with Crippen molar-refractivity contribution in [3.05, 3.63) is 59.5 Å². The zero-order chi connectivity index (χ0) is 18.7. The molecule has 0 saturated heterocycles. The van der Waals surface area contributed by atoms with Crippen LogP contribution in [-0.4, -0.2) is 35.5 Å². The summed E-state index contributed by atoms with van der Waals surface area (Å²) in [4.78, 5) is 16.4. The minimum Gasteiger partial charge on any atom is -0.352 e. The minimum absolute atomic E-state index is 0.0224. The summed E-state index contributed by atoms with van der Waals surface area (Å²) >= 11 is 0. The number of fused-ring (bicyclic) bond motifs is 1. The van der Waals surface area contributed by atoms with Crippen LogP contribution in [0.25, 0.3) is 5.65 Å². The molecule has 2 aromatic heterocycles. The Hall–Kier alpha value is -2.78. The highest BCUT2D eigenvalue weighted by atomic mass is 32.2. The summed E-state index contributed by atoms with van der Waals surface area (Å²) in [6, 6.07) is 7.42. The Balaban J connectivity index is 1.51. The Kier molecular flexibility index (Phi) is 5.01. The monoisotopic (exact) mass is 373 g/mol. The predicted molar refractivity (Wildman–Crippen MR) is 96.2 cm³/mol. The van der Waals surface area contributed by atoms with Gasteiger partial charge in [0.25, 0.3) is 5.91 Å². The molecule has 0 aliphatic rings. The Labute approximate surface area is 151 Å². The van der Waals surface area contributed by atoms with E-state index < -0.39 is 10.0 Å². The number of carbonyl (C=O) groups excluding carboxylic acids is 1. The molecule has 0 radical (unpaired) electrons. The van der Waals surface area contributed by atoms with Gasteiger partial charge in [0, 0.05) is 30.6 Å². The molecule has 8 nitrogen and oxygen atoms in total. The maximum atomic E-state index is 12.1. The highest BCUT2D eigenvalue weighted by Gasteiger charge is 2.10. The van der Waals surface area contributed by atoms with E-state index in [1.165, 1.54) is 24.3 Å². The molecule has 0 bridgehead atoms. The molecule has 136 valence electrons. The zero-order valence-corrected chi connectivity index (χ0v) is 15.0. The first-order valence-electron chi connectivity index (χ1n) is 8.05. The van der Waals surface area contributed by atoms with E-state index >= 15 is 0 Å². The number of primary sulfonamides is 1. The number of sulfonamides is 1. The number of hydrogen-bond acceptors (Lipinski definition) is 5. The van der Waals surface area contributed by atoms with Crippen LogP contribution in [0.2, 0.25) is 0 Å². The first-order valence-corrected chi connectivity index (χ1v) is 9.59. The smallest absolute Gasteiger partial charge is 0.251 e. The molecule has 0 spiro atoms. The van der Waals surface area contributed by atoms with Gasteiger partial charge in [-0.05, 0) is 49.6 Å². The molecule has 1 aromatic carbocycles. The Bertz CT molecular complexity index is 1040. The molecule has 2 heterocycles. The molecule has 0 aliphatic heterocycles. The van der Waals surface area contributed by atoms with Crippen molar-refractivity contribution in [2.75, 3.05) is 6.54 Å². The lowest BCUT2D eigenvalue weighted by atomic mass is 10.2. The van der Waals surface area contributed by atoms with Crippen LogP contribution in [0.5, 0.6) is 0 Å². The van der Waals surface area contributed by atoms with Crippen molar-refractivity contribution >= 4 is 21.6 Å². The van der Waals surface area contributed by atoms with Crippen molar-refractivity contribution in [3.8, 4) is 0 Å². The lowest BCUT2D eigenvalue weighted by molar-refractivity contribution is 0.0953. The number of aromatic nitrogens is 3. The van der Waals surface area contributed by atoms with Crippen LogP contribution < -0.4 is 10.5 Å². The summed E-state index contributed by atoms with van der Waals surface area (Å²) in [7, 11) is -3.76. The third-order valence-corrected chi connectivity index (χ3v) is 4.79. The van der Waals surface area contributed by atoms with E-state index in [9.17, 15) is 13.2 Å².